The van der Waals surface area contributed by atoms with Crippen LogP contribution in [0.1, 0.15) is 0 Å². The first-order chi connectivity index (χ1) is 10.3. The molecule has 8 heteroatoms. The van der Waals surface area contributed by atoms with Crippen LogP contribution in [0.4, 0.5) is 34.6 Å². The van der Waals surface area contributed by atoms with Crippen molar-refractivity contribution in [2.24, 2.45) is 10.2 Å². The van der Waals surface area contributed by atoms with Crippen molar-refractivity contribution < 1.29 is 22.7 Å². The fourth-order valence-electron chi connectivity index (χ4n) is 1.62. The molecule has 0 fully saturated rings. The van der Waals surface area contributed by atoms with E-state index in [4.69, 9.17) is 5.11 Å². The maximum absolute atomic E-state index is 13.5. The topological polar surface area (TPSA) is 48.2 Å². The Morgan fingerprint density at radius 2 is 1.32 bits per heavy atom. The predicted octanol–water partition coefficient (Wildman–Crippen LogP) is 4.43. The van der Waals surface area contributed by atoms with E-state index in [1.54, 1.807) is 12.1 Å². The molecule has 0 spiro atoms. The van der Waals surface area contributed by atoms with Gasteiger partial charge in [-0.05, 0) is 24.3 Å². The van der Waals surface area contributed by atoms with Crippen LogP contribution in [0, 0.1) is 23.3 Å². The number of benzene rings is 2. The van der Waals surface area contributed by atoms with E-state index in [-0.39, 0.29) is 5.69 Å². The number of phenols is 1. The maximum Gasteiger partial charge on any atom is 0.206 e. The monoisotopic (exact) mass is 313 g/mol. The second-order valence-corrected chi connectivity index (χ2v) is 4.56. The molecule has 0 aliphatic rings. The Bertz CT molecular complexity index is 701. The summed E-state index contributed by atoms with van der Waals surface area (Å²) in [6, 6.07) is 6.39. The second-order valence-electron chi connectivity index (χ2n) is 4.56. The van der Waals surface area contributed by atoms with E-state index in [9.17, 15) is 17.6 Å². The van der Waals surface area contributed by atoms with E-state index in [2.05, 4.69) is 10.2 Å². The number of nitrogens with zero attached hydrogens (tertiary/aromatic N) is 3. The molecule has 0 aliphatic carbocycles. The lowest BCUT2D eigenvalue weighted by Gasteiger charge is -2.11. The standard InChI is InChI=1S/C14H11F4N3O/c1-21(2)8-5-3-7(4-6-8)19-20-13-9(15)11(17)14(22)12(18)10(13)16/h3-6,22H,1-2H3. The molecule has 4 nitrogen and oxygen atoms in total. The van der Waals surface area contributed by atoms with Gasteiger partial charge in [-0.3, -0.25) is 0 Å². The van der Waals surface area contributed by atoms with Gasteiger partial charge in [-0.2, -0.15) is 13.9 Å². The van der Waals surface area contributed by atoms with Crippen molar-refractivity contribution in [3.05, 3.63) is 47.5 Å². The fourth-order valence-corrected chi connectivity index (χ4v) is 1.62. The molecular formula is C14H11F4N3O. The van der Waals surface area contributed by atoms with Crippen LogP contribution >= 0.6 is 0 Å². The molecule has 22 heavy (non-hydrogen) atoms. The number of azo groups is 1. The van der Waals surface area contributed by atoms with Crippen LogP contribution < -0.4 is 4.90 Å². The van der Waals surface area contributed by atoms with Crippen LogP contribution in [-0.2, 0) is 0 Å². The van der Waals surface area contributed by atoms with Gasteiger partial charge in [0.05, 0.1) is 5.69 Å². The lowest BCUT2D eigenvalue weighted by molar-refractivity contribution is 0.358. The van der Waals surface area contributed by atoms with Gasteiger partial charge in [-0.1, -0.05) is 0 Å². The summed E-state index contributed by atoms with van der Waals surface area (Å²) >= 11 is 0. The molecule has 1 N–H and O–H groups in total. The normalized spacial score (nSPS) is 11.2. The van der Waals surface area contributed by atoms with Gasteiger partial charge in [-0.15, -0.1) is 5.11 Å². The van der Waals surface area contributed by atoms with Crippen molar-refractivity contribution in [3.8, 4) is 5.75 Å². The number of rotatable bonds is 3. The summed E-state index contributed by atoms with van der Waals surface area (Å²) in [6.07, 6.45) is 0. The van der Waals surface area contributed by atoms with Gasteiger partial charge >= 0.3 is 0 Å². The highest BCUT2D eigenvalue weighted by Gasteiger charge is 2.25. The summed E-state index contributed by atoms with van der Waals surface area (Å²) in [4.78, 5) is 1.82. The third-order valence-electron chi connectivity index (χ3n) is 2.85. The van der Waals surface area contributed by atoms with E-state index < -0.39 is 34.7 Å². The molecule has 116 valence electrons. The Kier molecular flexibility index (Phi) is 4.30. The van der Waals surface area contributed by atoms with Gasteiger partial charge in [0.1, 0.15) is 0 Å². The Balaban J connectivity index is 2.38. The molecule has 0 unspecified atom stereocenters. The molecule has 0 amide bonds. The molecule has 0 heterocycles. The zero-order valence-electron chi connectivity index (χ0n) is 11.6. The first kappa shape index (κ1) is 15.7. The SMILES string of the molecule is CN(C)c1ccc(N=Nc2c(F)c(F)c(O)c(F)c2F)cc1. The molecule has 0 radical (unpaired) electrons. The molecule has 0 saturated heterocycles. The molecule has 2 rings (SSSR count). The molecule has 2 aromatic rings. The Hall–Kier alpha value is -2.64. The zero-order valence-corrected chi connectivity index (χ0v) is 11.6. The number of aromatic hydroxyl groups is 1. The summed E-state index contributed by atoms with van der Waals surface area (Å²) in [5, 5.41) is 15.6. The largest absolute Gasteiger partial charge is 0.503 e. The molecule has 0 aromatic heterocycles. The average molecular weight is 313 g/mol. The summed E-state index contributed by atoms with van der Waals surface area (Å²) in [7, 11) is 3.65. The fraction of sp³-hybridized carbons (Fsp3) is 0.143. The second kappa shape index (κ2) is 6.00. The maximum atomic E-state index is 13.5. The van der Waals surface area contributed by atoms with E-state index in [1.807, 2.05) is 19.0 Å². The number of anilines is 1. The van der Waals surface area contributed by atoms with Crippen molar-refractivity contribution in [2.45, 2.75) is 0 Å². The Morgan fingerprint density at radius 1 is 0.818 bits per heavy atom. The van der Waals surface area contributed by atoms with Crippen LogP contribution in [0.15, 0.2) is 34.5 Å². The summed E-state index contributed by atoms with van der Waals surface area (Å²) in [5.41, 5.74) is -0.152. The van der Waals surface area contributed by atoms with Crippen LogP contribution in [0.3, 0.4) is 0 Å². The van der Waals surface area contributed by atoms with Gasteiger partial charge in [0.25, 0.3) is 0 Å². The van der Waals surface area contributed by atoms with Crippen LogP contribution in [0.2, 0.25) is 0 Å². The van der Waals surface area contributed by atoms with E-state index in [0.717, 1.165) is 5.69 Å². The Labute approximate surface area is 123 Å². The third-order valence-corrected chi connectivity index (χ3v) is 2.85. The average Bonchev–Trinajstić information content (AvgIpc) is 2.51. The predicted molar refractivity (Wildman–Crippen MR) is 72.9 cm³/mol. The minimum absolute atomic E-state index is 0.235. The smallest absolute Gasteiger partial charge is 0.206 e. The minimum Gasteiger partial charge on any atom is -0.503 e. The van der Waals surface area contributed by atoms with Gasteiger partial charge in [0, 0.05) is 19.8 Å². The molecular weight excluding hydrogens is 302 g/mol. The van der Waals surface area contributed by atoms with Crippen molar-refractivity contribution in [3.63, 3.8) is 0 Å². The molecule has 2 aromatic carbocycles. The zero-order chi connectivity index (χ0) is 16.4. The van der Waals surface area contributed by atoms with Crippen LogP contribution in [0.25, 0.3) is 0 Å². The summed E-state index contributed by atoms with van der Waals surface area (Å²) < 4.78 is 53.3. The van der Waals surface area contributed by atoms with E-state index in [0.29, 0.717) is 0 Å². The number of hydrogen-bond donors (Lipinski definition) is 1. The minimum atomic E-state index is -1.92. The number of halogens is 4. The lowest BCUT2D eigenvalue weighted by atomic mass is 10.2. The highest BCUT2D eigenvalue weighted by atomic mass is 19.2. The van der Waals surface area contributed by atoms with E-state index >= 15 is 0 Å². The molecule has 0 atom stereocenters. The molecule has 0 aliphatic heterocycles. The van der Waals surface area contributed by atoms with Gasteiger partial charge in [0.2, 0.25) is 11.6 Å². The van der Waals surface area contributed by atoms with Crippen molar-refractivity contribution >= 4 is 17.1 Å². The number of phenolic OH excluding ortho intramolecular Hbond substituents is 1. The van der Waals surface area contributed by atoms with Crippen LogP contribution in [0.5, 0.6) is 5.75 Å². The van der Waals surface area contributed by atoms with Crippen molar-refractivity contribution in [1.82, 2.24) is 0 Å². The summed E-state index contributed by atoms with van der Waals surface area (Å²) in [5.74, 6) is -9.20. The van der Waals surface area contributed by atoms with Gasteiger partial charge in [-0.25, -0.2) is 8.78 Å². The quantitative estimate of drug-likeness (QED) is 0.518. The Morgan fingerprint density at radius 3 is 1.77 bits per heavy atom. The first-order valence-corrected chi connectivity index (χ1v) is 6.07. The number of hydrogen-bond acceptors (Lipinski definition) is 4. The van der Waals surface area contributed by atoms with Crippen molar-refractivity contribution in [2.75, 3.05) is 19.0 Å². The van der Waals surface area contributed by atoms with Crippen molar-refractivity contribution in [1.29, 1.82) is 0 Å². The van der Waals surface area contributed by atoms with Gasteiger partial charge in [0.15, 0.2) is 23.1 Å². The van der Waals surface area contributed by atoms with E-state index in [1.165, 1.54) is 12.1 Å². The van der Waals surface area contributed by atoms with Crippen LogP contribution in [-0.4, -0.2) is 19.2 Å². The highest BCUT2D eigenvalue weighted by molar-refractivity contribution is 5.52. The lowest BCUT2D eigenvalue weighted by Crippen LogP contribution is -2.07. The first-order valence-electron chi connectivity index (χ1n) is 6.07. The van der Waals surface area contributed by atoms with Gasteiger partial charge < -0.3 is 10.0 Å². The summed E-state index contributed by atoms with van der Waals surface area (Å²) in [6.45, 7) is 0. The molecule has 0 bridgehead atoms. The third kappa shape index (κ3) is 2.85. The molecule has 0 saturated carbocycles. The highest BCUT2D eigenvalue weighted by Crippen LogP contribution is 2.34.